The van der Waals surface area contributed by atoms with Gasteiger partial charge in [0.1, 0.15) is 5.82 Å². The number of Topliss-reactive ketones (excluding diaryl/α,β-unsaturated/α-hetero) is 1. The van der Waals surface area contributed by atoms with Crippen LogP contribution in [0.2, 0.25) is 0 Å². The largest absolute Gasteiger partial charge is 0.294 e. The lowest BCUT2D eigenvalue weighted by Gasteiger charge is -2.09. The summed E-state index contributed by atoms with van der Waals surface area (Å²) in [6.45, 7) is 3.51. The minimum Gasteiger partial charge on any atom is -0.294 e. The van der Waals surface area contributed by atoms with Crippen LogP contribution in [-0.2, 0) is 17.1 Å². The van der Waals surface area contributed by atoms with Crippen molar-refractivity contribution < 1.29 is 13.2 Å². The maximum absolute atomic E-state index is 12.4. The Morgan fingerprint density at radius 1 is 1.33 bits per heavy atom. The fourth-order valence-corrected chi connectivity index (χ4v) is 3.07. The number of sulfonamides is 1. The molecule has 0 bridgehead atoms. The third-order valence-corrected chi connectivity index (χ3v) is 4.38. The van der Waals surface area contributed by atoms with Crippen LogP contribution in [0.25, 0.3) is 0 Å². The SMILES string of the molecule is CCC(=O)c1cccc(S(=O)(=O)Nc2cc(C)nn2C)c1. The van der Waals surface area contributed by atoms with Crippen molar-refractivity contribution in [3.8, 4) is 0 Å². The molecule has 0 fully saturated rings. The number of ketones is 1. The number of aromatic nitrogens is 2. The average Bonchev–Trinajstić information content (AvgIpc) is 2.75. The van der Waals surface area contributed by atoms with Crippen molar-refractivity contribution in [2.75, 3.05) is 4.72 Å². The lowest BCUT2D eigenvalue weighted by molar-refractivity contribution is 0.0988. The molecule has 1 N–H and O–H groups in total. The number of aryl methyl sites for hydroxylation is 2. The van der Waals surface area contributed by atoms with Crippen LogP contribution in [0, 0.1) is 6.92 Å². The minimum absolute atomic E-state index is 0.0562. The van der Waals surface area contributed by atoms with E-state index in [0.29, 0.717) is 23.5 Å². The number of carbonyl (C=O) groups is 1. The van der Waals surface area contributed by atoms with Gasteiger partial charge in [0.15, 0.2) is 5.78 Å². The smallest absolute Gasteiger partial charge is 0.263 e. The Morgan fingerprint density at radius 2 is 2.05 bits per heavy atom. The van der Waals surface area contributed by atoms with Gasteiger partial charge in [-0.15, -0.1) is 0 Å². The number of hydrogen-bond donors (Lipinski definition) is 1. The van der Waals surface area contributed by atoms with E-state index in [0.717, 1.165) is 0 Å². The molecule has 7 heteroatoms. The summed E-state index contributed by atoms with van der Waals surface area (Å²) in [6, 6.07) is 7.65. The molecular weight excluding hydrogens is 290 g/mol. The van der Waals surface area contributed by atoms with Gasteiger partial charge in [-0.05, 0) is 19.1 Å². The summed E-state index contributed by atoms with van der Waals surface area (Å²) in [6.07, 6.45) is 0.331. The van der Waals surface area contributed by atoms with Gasteiger partial charge < -0.3 is 0 Å². The summed E-state index contributed by atoms with van der Waals surface area (Å²) >= 11 is 0. The van der Waals surface area contributed by atoms with E-state index in [2.05, 4.69) is 9.82 Å². The highest BCUT2D eigenvalue weighted by Gasteiger charge is 2.17. The molecule has 0 atom stereocenters. The van der Waals surface area contributed by atoms with E-state index in [1.807, 2.05) is 0 Å². The lowest BCUT2D eigenvalue weighted by atomic mass is 10.1. The first-order valence-corrected chi connectivity index (χ1v) is 7.98. The van der Waals surface area contributed by atoms with Crippen molar-refractivity contribution in [2.24, 2.45) is 7.05 Å². The number of rotatable bonds is 5. The number of carbonyl (C=O) groups excluding carboxylic acids is 1. The second-order valence-electron chi connectivity index (χ2n) is 4.70. The molecule has 0 saturated carbocycles. The third kappa shape index (κ3) is 3.30. The van der Waals surface area contributed by atoms with Gasteiger partial charge in [0.2, 0.25) is 0 Å². The molecule has 0 aliphatic heterocycles. The molecule has 1 heterocycles. The van der Waals surface area contributed by atoms with Crippen molar-refractivity contribution in [3.63, 3.8) is 0 Å². The van der Waals surface area contributed by atoms with Crippen LogP contribution in [0.1, 0.15) is 29.4 Å². The zero-order valence-electron chi connectivity index (χ0n) is 12.1. The van der Waals surface area contributed by atoms with Gasteiger partial charge >= 0.3 is 0 Å². The monoisotopic (exact) mass is 307 g/mol. The Bertz CT molecular complexity index is 779. The van der Waals surface area contributed by atoms with Gasteiger partial charge in [0.05, 0.1) is 10.6 Å². The Kier molecular flexibility index (Phi) is 4.13. The van der Waals surface area contributed by atoms with E-state index in [1.54, 1.807) is 39.1 Å². The zero-order chi connectivity index (χ0) is 15.6. The van der Waals surface area contributed by atoms with Crippen molar-refractivity contribution in [1.29, 1.82) is 0 Å². The van der Waals surface area contributed by atoms with Gasteiger partial charge in [-0.3, -0.25) is 14.2 Å². The first-order valence-electron chi connectivity index (χ1n) is 6.50. The minimum atomic E-state index is -3.75. The van der Waals surface area contributed by atoms with E-state index >= 15 is 0 Å². The second-order valence-corrected chi connectivity index (χ2v) is 6.39. The van der Waals surface area contributed by atoms with E-state index in [-0.39, 0.29) is 10.7 Å². The molecule has 2 rings (SSSR count). The van der Waals surface area contributed by atoms with E-state index in [9.17, 15) is 13.2 Å². The predicted octanol–water partition coefficient (Wildman–Crippen LogP) is 2.12. The molecule has 0 amide bonds. The molecule has 0 aliphatic rings. The topological polar surface area (TPSA) is 81.1 Å². The number of benzene rings is 1. The van der Waals surface area contributed by atoms with Crippen LogP contribution in [-0.4, -0.2) is 24.0 Å². The van der Waals surface area contributed by atoms with Gasteiger partial charge in [0.25, 0.3) is 10.0 Å². The summed E-state index contributed by atoms with van der Waals surface area (Å²) in [5.41, 5.74) is 1.10. The zero-order valence-corrected chi connectivity index (χ0v) is 12.9. The maximum Gasteiger partial charge on any atom is 0.263 e. The third-order valence-electron chi connectivity index (χ3n) is 3.03. The lowest BCUT2D eigenvalue weighted by Crippen LogP contribution is -2.16. The molecule has 2 aromatic rings. The van der Waals surface area contributed by atoms with Crippen molar-refractivity contribution in [3.05, 3.63) is 41.6 Å². The number of nitrogens with one attached hydrogen (secondary N) is 1. The maximum atomic E-state index is 12.4. The molecule has 0 radical (unpaired) electrons. The van der Waals surface area contributed by atoms with Gasteiger partial charge in [-0.25, -0.2) is 8.42 Å². The number of nitrogens with zero attached hydrogens (tertiary/aromatic N) is 2. The predicted molar refractivity (Wildman–Crippen MR) is 79.8 cm³/mol. The quantitative estimate of drug-likeness (QED) is 0.858. The van der Waals surface area contributed by atoms with Crippen LogP contribution in [0.4, 0.5) is 5.82 Å². The molecule has 0 unspecified atom stereocenters. The molecule has 0 aliphatic carbocycles. The van der Waals surface area contributed by atoms with Crippen molar-refractivity contribution in [2.45, 2.75) is 25.2 Å². The molecule has 6 nitrogen and oxygen atoms in total. The summed E-state index contributed by atoms with van der Waals surface area (Å²) in [5.74, 6) is 0.281. The van der Waals surface area contributed by atoms with E-state index < -0.39 is 10.0 Å². The summed E-state index contributed by atoms with van der Waals surface area (Å²) in [7, 11) is -2.10. The van der Waals surface area contributed by atoms with Crippen LogP contribution in [0.15, 0.2) is 35.2 Å². The molecule has 0 spiro atoms. The van der Waals surface area contributed by atoms with Gasteiger partial charge in [0, 0.05) is 25.1 Å². The van der Waals surface area contributed by atoms with E-state index in [4.69, 9.17) is 0 Å². The normalized spacial score (nSPS) is 11.4. The van der Waals surface area contributed by atoms with Crippen molar-refractivity contribution >= 4 is 21.6 Å². The Morgan fingerprint density at radius 3 is 2.62 bits per heavy atom. The summed E-state index contributed by atoms with van der Waals surface area (Å²) in [5, 5.41) is 4.08. The van der Waals surface area contributed by atoms with Crippen molar-refractivity contribution in [1.82, 2.24) is 9.78 Å². The van der Waals surface area contributed by atoms with Gasteiger partial charge in [-0.2, -0.15) is 5.10 Å². The van der Waals surface area contributed by atoms with E-state index in [1.165, 1.54) is 16.8 Å². The highest BCUT2D eigenvalue weighted by atomic mass is 32.2. The fraction of sp³-hybridized carbons (Fsp3) is 0.286. The molecular formula is C14H17N3O3S. The molecule has 0 saturated heterocycles. The Labute approximate surface area is 123 Å². The number of hydrogen-bond acceptors (Lipinski definition) is 4. The van der Waals surface area contributed by atoms with Crippen LogP contribution >= 0.6 is 0 Å². The first-order chi connectivity index (χ1) is 9.83. The van der Waals surface area contributed by atoms with Crippen LogP contribution < -0.4 is 4.72 Å². The second kappa shape index (κ2) is 5.69. The Hall–Kier alpha value is -2.15. The standard InChI is InChI=1S/C14H17N3O3S/c1-4-13(18)11-6-5-7-12(9-11)21(19,20)16-14-8-10(2)15-17(14)3/h5-9,16H,4H2,1-3H3. The molecule has 112 valence electrons. The number of anilines is 1. The van der Waals surface area contributed by atoms with Crippen LogP contribution in [0.5, 0.6) is 0 Å². The Balaban J connectivity index is 2.36. The average molecular weight is 307 g/mol. The van der Waals surface area contributed by atoms with Gasteiger partial charge in [-0.1, -0.05) is 19.1 Å². The highest BCUT2D eigenvalue weighted by molar-refractivity contribution is 7.92. The molecule has 1 aromatic carbocycles. The summed E-state index contributed by atoms with van der Waals surface area (Å²) < 4.78 is 28.6. The molecule has 1 aromatic heterocycles. The molecule has 21 heavy (non-hydrogen) atoms. The first kappa shape index (κ1) is 15.2. The summed E-state index contributed by atoms with van der Waals surface area (Å²) in [4.78, 5) is 11.7. The van der Waals surface area contributed by atoms with Crippen LogP contribution in [0.3, 0.4) is 0 Å². The fourth-order valence-electron chi connectivity index (χ4n) is 1.94. The highest BCUT2D eigenvalue weighted by Crippen LogP contribution is 2.18.